The highest BCUT2D eigenvalue weighted by molar-refractivity contribution is 7.14. The number of hydrogen-bond acceptors (Lipinski definition) is 7. The van der Waals surface area contributed by atoms with Crippen molar-refractivity contribution < 1.29 is 31.9 Å². The van der Waals surface area contributed by atoms with Crippen LogP contribution in [0.4, 0.5) is 28.5 Å². The Balaban J connectivity index is 1.46. The minimum atomic E-state index is -4.85. The van der Waals surface area contributed by atoms with Crippen LogP contribution in [-0.4, -0.2) is 41.5 Å². The molecule has 37 heavy (non-hydrogen) atoms. The van der Waals surface area contributed by atoms with Crippen molar-refractivity contribution in [2.24, 2.45) is 5.92 Å². The van der Waals surface area contributed by atoms with Gasteiger partial charge in [-0.1, -0.05) is 17.7 Å². The van der Waals surface area contributed by atoms with E-state index in [1.807, 2.05) is 4.90 Å². The molecule has 3 aromatic rings. The molecule has 0 radical (unpaired) electrons. The summed E-state index contributed by atoms with van der Waals surface area (Å²) in [6.45, 7) is 3.08. The summed E-state index contributed by atoms with van der Waals surface area (Å²) in [5.41, 5.74) is -1.65. The van der Waals surface area contributed by atoms with Gasteiger partial charge in [0.1, 0.15) is 11.6 Å². The summed E-state index contributed by atoms with van der Waals surface area (Å²) in [6, 6.07) is 4.34. The van der Waals surface area contributed by atoms with Gasteiger partial charge in [-0.05, 0) is 38.0 Å². The van der Waals surface area contributed by atoms with Gasteiger partial charge in [-0.3, -0.25) is 14.9 Å². The Hall–Kier alpha value is -3.25. The number of alkyl halides is 3. The molecule has 1 unspecified atom stereocenters. The van der Waals surface area contributed by atoms with E-state index in [2.05, 4.69) is 15.3 Å². The first-order valence-corrected chi connectivity index (χ1v) is 12.5. The Kier molecular flexibility index (Phi) is 7.98. The fourth-order valence-corrected chi connectivity index (χ4v) is 4.97. The molecule has 1 atom stereocenters. The van der Waals surface area contributed by atoms with Crippen molar-refractivity contribution >= 4 is 45.8 Å². The predicted octanol–water partition coefficient (Wildman–Crippen LogP) is 6.05. The third kappa shape index (κ3) is 6.02. The van der Waals surface area contributed by atoms with Crippen LogP contribution in [0.1, 0.15) is 35.7 Å². The van der Waals surface area contributed by atoms with Crippen molar-refractivity contribution in [2.45, 2.75) is 25.9 Å². The van der Waals surface area contributed by atoms with E-state index >= 15 is 0 Å². The van der Waals surface area contributed by atoms with Crippen molar-refractivity contribution in [1.29, 1.82) is 0 Å². The average Bonchev–Trinajstić information content (AvgIpc) is 3.31. The SMILES string of the molecule is CCOC(=O)C1CCCN(c2ncc(C(=O)Nc3nc(-c4cccc(C(F)(F)F)c4F)cs3)cc2Cl)C1. The molecule has 0 spiro atoms. The number of anilines is 2. The van der Waals surface area contributed by atoms with Gasteiger partial charge in [0.15, 0.2) is 5.13 Å². The number of carbonyl (C=O) groups excluding carboxylic acids is 2. The van der Waals surface area contributed by atoms with E-state index in [9.17, 15) is 27.2 Å². The number of thiazole rings is 1. The van der Waals surface area contributed by atoms with Crippen molar-refractivity contribution in [2.75, 3.05) is 29.9 Å². The molecule has 3 heterocycles. The van der Waals surface area contributed by atoms with Crippen LogP contribution in [0.2, 0.25) is 5.02 Å². The van der Waals surface area contributed by atoms with E-state index < -0.39 is 23.5 Å². The lowest BCUT2D eigenvalue weighted by Crippen LogP contribution is -2.40. The zero-order valence-corrected chi connectivity index (χ0v) is 21.0. The molecule has 1 aliphatic heterocycles. The number of ether oxygens (including phenoxy) is 1. The summed E-state index contributed by atoms with van der Waals surface area (Å²) < 4.78 is 58.6. The summed E-state index contributed by atoms with van der Waals surface area (Å²) in [6.07, 6.45) is -2.07. The van der Waals surface area contributed by atoms with Gasteiger partial charge in [0.05, 0.1) is 34.4 Å². The first-order chi connectivity index (χ1) is 17.6. The van der Waals surface area contributed by atoms with Gasteiger partial charge in [0, 0.05) is 30.2 Å². The summed E-state index contributed by atoms with van der Waals surface area (Å²) in [5.74, 6) is -2.17. The van der Waals surface area contributed by atoms with Crippen LogP contribution in [0.5, 0.6) is 0 Å². The Morgan fingerprint density at radius 1 is 1.32 bits per heavy atom. The monoisotopic (exact) mass is 556 g/mol. The van der Waals surface area contributed by atoms with Crippen LogP contribution >= 0.6 is 22.9 Å². The fourth-order valence-electron chi connectivity index (χ4n) is 3.98. The smallest absolute Gasteiger partial charge is 0.419 e. The molecular weight excluding hydrogens is 536 g/mol. The zero-order chi connectivity index (χ0) is 26.7. The minimum absolute atomic E-state index is 0.0448. The number of piperidine rings is 1. The molecule has 13 heteroatoms. The maximum Gasteiger partial charge on any atom is 0.419 e. The van der Waals surface area contributed by atoms with E-state index in [0.29, 0.717) is 38.0 Å². The number of esters is 1. The van der Waals surface area contributed by atoms with Crippen LogP contribution in [0.15, 0.2) is 35.8 Å². The lowest BCUT2D eigenvalue weighted by atomic mass is 9.98. The summed E-state index contributed by atoms with van der Waals surface area (Å²) in [4.78, 5) is 35.1. The van der Waals surface area contributed by atoms with Crippen LogP contribution in [-0.2, 0) is 15.7 Å². The fraction of sp³-hybridized carbons (Fsp3) is 0.333. The highest BCUT2D eigenvalue weighted by Gasteiger charge is 2.35. The highest BCUT2D eigenvalue weighted by Crippen LogP contribution is 2.36. The molecule has 0 aliphatic carbocycles. The molecule has 4 rings (SSSR count). The zero-order valence-electron chi connectivity index (χ0n) is 19.4. The van der Waals surface area contributed by atoms with Crippen molar-refractivity contribution in [3.05, 3.63) is 57.8 Å². The molecule has 7 nitrogen and oxygen atoms in total. The lowest BCUT2D eigenvalue weighted by molar-refractivity contribution is -0.148. The number of amides is 1. The van der Waals surface area contributed by atoms with Crippen LogP contribution in [0.25, 0.3) is 11.3 Å². The average molecular weight is 557 g/mol. The molecule has 2 aromatic heterocycles. The second kappa shape index (κ2) is 11.0. The normalized spacial score (nSPS) is 15.9. The van der Waals surface area contributed by atoms with Gasteiger partial charge >= 0.3 is 12.1 Å². The van der Waals surface area contributed by atoms with Gasteiger partial charge in [0.25, 0.3) is 5.91 Å². The van der Waals surface area contributed by atoms with Crippen molar-refractivity contribution in [3.63, 3.8) is 0 Å². The van der Waals surface area contributed by atoms with Crippen LogP contribution in [0, 0.1) is 11.7 Å². The number of benzene rings is 1. The second-order valence-electron chi connectivity index (χ2n) is 8.22. The summed E-state index contributed by atoms with van der Waals surface area (Å²) >= 11 is 7.33. The number of nitrogens with zero attached hydrogens (tertiary/aromatic N) is 3. The molecule has 1 aliphatic rings. The molecular formula is C24H21ClF4N4O3S. The second-order valence-corrected chi connectivity index (χ2v) is 9.49. The van der Waals surface area contributed by atoms with Crippen molar-refractivity contribution in [3.8, 4) is 11.3 Å². The number of aromatic nitrogens is 2. The first-order valence-electron chi connectivity index (χ1n) is 11.3. The highest BCUT2D eigenvalue weighted by atomic mass is 35.5. The third-order valence-corrected chi connectivity index (χ3v) is 6.77. The van der Waals surface area contributed by atoms with E-state index in [1.165, 1.54) is 23.7 Å². The van der Waals surface area contributed by atoms with E-state index in [-0.39, 0.29) is 38.9 Å². The number of halogens is 5. The van der Waals surface area contributed by atoms with Gasteiger partial charge in [0.2, 0.25) is 0 Å². The molecule has 1 amide bonds. The molecule has 1 saturated heterocycles. The summed E-state index contributed by atoms with van der Waals surface area (Å²) in [7, 11) is 0. The molecule has 196 valence electrons. The van der Waals surface area contributed by atoms with Crippen molar-refractivity contribution in [1.82, 2.24) is 9.97 Å². The largest absolute Gasteiger partial charge is 0.466 e. The quantitative estimate of drug-likeness (QED) is 0.294. The first kappa shape index (κ1) is 26.8. The van der Waals surface area contributed by atoms with Gasteiger partial charge in [-0.15, -0.1) is 11.3 Å². The number of pyridine rings is 1. The Labute approximate surface area is 218 Å². The molecule has 0 bridgehead atoms. The van der Waals surface area contributed by atoms with Gasteiger partial charge < -0.3 is 9.64 Å². The van der Waals surface area contributed by atoms with Crippen LogP contribution < -0.4 is 10.2 Å². The molecule has 1 aromatic carbocycles. The van der Waals surface area contributed by atoms with E-state index in [0.717, 1.165) is 23.8 Å². The molecule has 0 saturated carbocycles. The van der Waals surface area contributed by atoms with Crippen LogP contribution in [0.3, 0.4) is 0 Å². The Bertz CT molecular complexity index is 1320. The Morgan fingerprint density at radius 2 is 2.11 bits per heavy atom. The van der Waals surface area contributed by atoms with E-state index in [1.54, 1.807) is 6.92 Å². The minimum Gasteiger partial charge on any atom is -0.466 e. The maximum absolute atomic E-state index is 14.4. The summed E-state index contributed by atoms with van der Waals surface area (Å²) in [5, 5.41) is 4.14. The molecule has 1 N–H and O–H groups in total. The van der Waals surface area contributed by atoms with Gasteiger partial charge in [-0.25, -0.2) is 14.4 Å². The lowest BCUT2D eigenvalue weighted by Gasteiger charge is -2.32. The number of carbonyl (C=O) groups is 2. The number of hydrogen-bond donors (Lipinski definition) is 1. The third-order valence-electron chi connectivity index (χ3n) is 5.73. The van der Waals surface area contributed by atoms with E-state index in [4.69, 9.17) is 16.3 Å². The maximum atomic E-state index is 14.4. The standard InChI is InChI=1S/C24H21ClF4N4O3S/c1-2-36-22(35)13-5-4-8-33(11-13)20-17(25)9-14(10-30-20)21(34)32-23-31-18(12-37-23)15-6-3-7-16(19(15)26)24(27,28)29/h3,6-7,9-10,12-13H,2,4-5,8,11H2,1H3,(H,31,32,34). The topological polar surface area (TPSA) is 84.4 Å². The predicted molar refractivity (Wildman–Crippen MR) is 131 cm³/mol. The molecule has 1 fully saturated rings. The Morgan fingerprint density at radius 3 is 2.81 bits per heavy atom. The number of rotatable bonds is 6. The number of nitrogens with one attached hydrogen (secondary N) is 1. The van der Waals surface area contributed by atoms with Gasteiger partial charge in [-0.2, -0.15) is 13.2 Å².